The van der Waals surface area contributed by atoms with Crippen LogP contribution in [0, 0.1) is 0 Å². The lowest BCUT2D eigenvalue weighted by molar-refractivity contribution is 0.349. The van der Waals surface area contributed by atoms with Crippen LogP contribution in [0.1, 0.15) is 50.5 Å². The molecule has 1 aliphatic carbocycles. The molecule has 31 heavy (non-hydrogen) atoms. The minimum Gasteiger partial charge on any atom is -0.362 e. The Morgan fingerprint density at radius 1 is 0.903 bits per heavy atom. The molecule has 1 aliphatic rings. The summed E-state index contributed by atoms with van der Waals surface area (Å²) < 4.78 is 0. The molecule has 1 atom stereocenters. The molecule has 2 aromatic carbocycles. The van der Waals surface area contributed by atoms with E-state index in [0.717, 1.165) is 42.1 Å². The summed E-state index contributed by atoms with van der Waals surface area (Å²) in [5.41, 5.74) is 2.43. The van der Waals surface area contributed by atoms with E-state index in [1.54, 1.807) is 0 Å². The molecule has 0 spiro atoms. The fraction of sp³-hybridized carbons (Fsp3) is 0.462. The standard InChI is InChI=1S/C26H35N5/c1-19(20-9-5-4-6-10-20)17-18-27-21-13-15-22(16-14-21)28-26-29-24-12-8-7-11-23(24)25(30-26)31(2)3/h4-12,19,21-22,27H,13-18H2,1-3H3,(H,28,29,30)/t19?,21-,22+. The van der Waals surface area contributed by atoms with E-state index in [-0.39, 0.29) is 0 Å². The summed E-state index contributed by atoms with van der Waals surface area (Å²) in [5.74, 6) is 2.31. The molecular formula is C26H35N5. The molecule has 0 bridgehead atoms. The van der Waals surface area contributed by atoms with Crippen molar-refractivity contribution in [1.82, 2.24) is 15.3 Å². The van der Waals surface area contributed by atoms with Gasteiger partial charge in [-0.1, -0.05) is 49.4 Å². The number of hydrogen-bond donors (Lipinski definition) is 2. The van der Waals surface area contributed by atoms with Gasteiger partial charge in [0.1, 0.15) is 5.82 Å². The Labute approximate surface area is 186 Å². The van der Waals surface area contributed by atoms with Crippen LogP contribution in [-0.4, -0.2) is 42.7 Å². The first-order chi connectivity index (χ1) is 15.1. The average Bonchev–Trinajstić information content (AvgIpc) is 2.80. The minimum absolute atomic E-state index is 0.442. The van der Waals surface area contributed by atoms with Crippen molar-refractivity contribution in [2.24, 2.45) is 0 Å². The maximum absolute atomic E-state index is 4.80. The van der Waals surface area contributed by atoms with Crippen LogP contribution in [-0.2, 0) is 0 Å². The molecule has 5 nitrogen and oxygen atoms in total. The third-order valence-electron chi connectivity index (χ3n) is 6.45. The van der Waals surface area contributed by atoms with E-state index in [1.165, 1.54) is 24.8 Å². The zero-order valence-electron chi connectivity index (χ0n) is 19.0. The van der Waals surface area contributed by atoms with Gasteiger partial charge in [-0.25, -0.2) is 4.98 Å². The van der Waals surface area contributed by atoms with Crippen LogP contribution in [0.2, 0.25) is 0 Å². The van der Waals surface area contributed by atoms with E-state index in [1.807, 2.05) is 26.2 Å². The third-order valence-corrected chi connectivity index (χ3v) is 6.45. The quantitative estimate of drug-likeness (QED) is 0.527. The number of para-hydroxylation sites is 1. The monoisotopic (exact) mass is 417 g/mol. The molecule has 1 aromatic heterocycles. The number of fused-ring (bicyclic) bond motifs is 1. The van der Waals surface area contributed by atoms with Gasteiger partial charge in [-0.05, 0) is 62.3 Å². The molecule has 0 aliphatic heterocycles. The Morgan fingerprint density at radius 2 is 1.58 bits per heavy atom. The molecule has 164 valence electrons. The van der Waals surface area contributed by atoms with Gasteiger partial charge >= 0.3 is 0 Å². The smallest absolute Gasteiger partial charge is 0.225 e. The molecule has 1 saturated carbocycles. The van der Waals surface area contributed by atoms with Crippen LogP contribution in [0.4, 0.5) is 11.8 Å². The molecule has 4 rings (SSSR count). The van der Waals surface area contributed by atoms with E-state index >= 15 is 0 Å². The Bertz CT molecular complexity index is 964. The second-order valence-corrected chi connectivity index (χ2v) is 9.03. The number of nitrogens with zero attached hydrogens (tertiary/aromatic N) is 3. The minimum atomic E-state index is 0.442. The Balaban J connectivity index is 1.27. The fourth-order valence-corrected chi connectivity index (χ4v) is 4.54. The second-order valence-electron chi connectivity index (χ2n) is 9.03. The Morgan fingerprint density at radius 3 is 2.32 bits per heavy atom. The number of rotatable bonds is 8. The van der Waals surface area contributed by atoms with E-state index in [9.17, 15) is 0 Å². The van der Waals surface area contributed by atoms with E-state index < -0.39 is 0 Å². The summed E-state index contributed by atoms with van der Waals surface area (Å²) in [4.78, 5) is 11.6. The highest BCUT2D eigenvalue weighted by Gasteiger charge is 2.22. The van der Waals surface area contributed by atoms with Gasteiger partial charge in [0.05, 0.1) is 5.52 Å². The molecule has 0 amide bonds. The maximum atomic E-state index is 4.80. The summed E-state index contributed by atoms with van der Waals surface area (Å²) in [6.07, 6.45) is 5.89. The van der Waals surface area contributed by atoms with Crippen molar-refractivity contribution in [3.05, 3.63) is 60.2 Å². The van der Waals surface area contributed by atoms with E-state index in [0.29, 0.717) is 18.0 Å². The zero-order valence-corrected chi connectivity index (χ0v) is 19.0. The lowest BCUT2D eigenvalue weighted by atomic mass is 9.91. The van der Waals surface area contributed by atoms with Crippen molar-refractivity contribution in [2.45, 2.75) is 57.0 Å². The first-order valence-corrected chi connectivity index (χ1v) is 11.6. The number of aromatic nitrogens is 2. The predicted molar refractivity (Wildman–Crippen MR) is 131 cm³/mol. The van der Waals surface area contributed by atoms with E-state index in [4.69, 9.17) is 9.97 Å². The molecule has 3 aromatic rings. The first-order valence-electron chi connectivity index (χ1n) is 11.6. The van der Waals surface area contributed by atoms with Gasteiger partial charge in [0.25, 0.3) is 0 Å². The molecule has 0 radical (unpaired) electrons. The van der Waals surface area contributed by atoms with Gasteiger partial charge in [-0.15, -0.1) is 0 Å². The number of anilines is 2. The largest absolute Gasteiger partial charge is 0.362 e. The molecule has 0 saturated heterocycles. The van der Waals surface area contributed by atoms with Crippen molar-refractivity contribution in [1.29, 1.82) is 0 Å². The van der Waals surface area contributed by atoms with Crippen molar-refractivity contribution in [2.75, 3.05) is 30.9 Å². The predicted octanol–water partition coefficient (Wildman–Crippen LogP) is 5.20. The molecule has 1 heterocycles. The summed E-state index contributed by atoms with van der Waals surface area (Å²) in [5, 5.41) is 8.49. The first kappa shape index (κ1) is 21.6. The number of nitrogens with one attached hydrogen (secondary N) is 2. The van der Waals surface area contributed by atoms with Gasteiger partial charge in [-0.2, -0.15) is 4.98 Å². The number of benzene rings is 2. The van der Waals surface area contributed by atoms with Gasteiger partial charge in [0.15, 0.2) is 0 Å². The summed E-state index contributed by atoms with van der Waals surface area (Å²) in [7, 11) is 4.07. The van der Waals surface area contributed by atoms with Crippen molar-refractivity contribution in [3.63, 3.8) is 0 Å². The molecule has 1 fully saturated rings. The molecular weight excluding hydrogens is 382 g/mol. The van der Waals surface area contributed by atoms with Crippen LogP contribution in [0.3, 0.4) is 0 Å². The Hall–Kier alpha value is -2.66. The topological polar surface area (TPSA) is 53.1 Å². The third kappa shape index (κ3) is 5.53. The number of hydrogen-bond acceptors (Lipinski definition) is 5. The van der Waals surface area contributed by atoms with Crippen molar-refractivity contribution in [3.8, 4) is 0 Å². The fourth-order valence-electron chi connectivity index (χ4n) is 4.54. The Kier molecular flexibility index (Phi) is 7.03. The van der Waals surface area contributed by atoms with Gasteiger partial charge < -0.3 is 15.5 Å². The maximum Gasteiger partial charge on any atom is 0.225 e. The summed E-state index contributed by atoms with van der Waals surface area (Å²) in [6.45, 7) is 3.40. The SMILES string of the molecule is CC(CCN[C@H]1CC[C@@H](Nc2nc(N(C)C)c3ccccc3n2)CC1)c1ccccc1. The average molecular weight is 418 g/mol. The molecule has 5 heteroatoms. The molecule has 2 N–H and O–H groups in total. The zero-order chi connectivity index (χ0) is 21.6. The van der Waals surface area contributed by atoms with Crippen LogP contribution in [0.25, 0.3) is 10.9 Å². The van der Waals surface area contributed by atoms with Crippen molar-refractivity contribution >= 4 is 22.7 Å². The van der Waals surface area contributed by atoms with E-state index in [2.05, 4.69) is 64.9 Å². The highest BCUT2D eigenvalue weighted by atomic mass is 15.2. The summed E-state index contributed by atoms with van der Waals surface area (Å²) >= 11 is 0. The highest BCUT2D eigenvalue weighted by molar-refractivity contribution is 5.90. The van der Waals surface area contributed by atoms with Crippen LogP contribution >= 0.6 is 0 Å². The highest BCUT2D eigenvalue weighted by Crippen LogP contribution is 2.26. The summed E-state index contributed by atoms with van der Waals surface area (Å²) in [6, 6.07) is 20.1. The second kappa shape index (κ2) is 10.1. The lowest BCUT2D eigenvalue weighted by Gasteiger charge is -2.30. The van der Waals surface area contributed by atoms with Crippen LogP contribution in [0.15, 0.2) is 54.6 Å². The van der Waals surface area contributed by atoms with Crippen molar-refractivity contribution < 1.29 is 0 Å². The van der Waals surface area contributed by atoms with Gasteiger partial charge in [0, 0.05) is 31.6 Å². The van der Waals surface area contributed by atoms with Crippen LogP contribution < -0.4 is 15.5 Å². The van der Waals surface area contributed by atoms with Crippen LogP contribution in [0.5, 0.6) is 0 Å². The van der Waals surface area contributed by atoms with Gasteiger partial charge in [0.2, 0.25) is 5.95 Å². The lowest BCUT2D eigenvalue weighted by Crippen LogP contribution is -2.37. The molecule has 1 unspecified atom stereocenters. The van der Waals surface area contributed by atoms with Gasteiger partial charge in [-0.3, -0.25) is 0 Å². The normalized spacial score (nSPS) is 19.8.